The lowest BCUT2D eigenvalue weighted by atomic mass is 10.0. The second-order valence-electron chi connectivity index (χ2n) is 5.60. The predicted octanol–water partition coefficient (Wildman–Crippen LogP) is 5.52. The molecule has 0 aliphatic rings. The minimum Gasteiger partial charge on any atom is -0.497 e. The second-order valence-corrected chi connectivity index (χ2v) is 6.47. The van der Waals surface area contributed by atoms with E-state index in [-0.39, 0.29) is 0 Å². The Balaban J connectivity index is 1.93. The lowest BCUT2D eigenvalue weighted by Gasteiger charge is -2.07. The van der Waals surface area contributed by atoms with Crippen molar-refractivity contribution in [3.05, 3.63) is 81.8 Å². The fourth-order valence-electron chi connectivity index (χ4n) is 2.56. The average Bonchev–Trinajstić information content (AvgIpc) is 2.59. The number of fused-ring (bicyclic) bond motifs is 1. The number of benzene rings is 3. The summed E-state index contributed by atoms with van der Waals surface area (Å²) in [5.41, 5.74) is 8.31. The van der Waals surface area contributed by atoms with E-state index in [2.05, 4.69) is 0 Å². The summed E-state index contributed by atoms with van der Waals surface area (Å²) in [6.45, 7) is 0. The number of nitrogens with one attached hydrogen (secondary N) is 1. The molecule has 0 atom stereocenters. The van der Waals surface area contributed by atoms with Crippen LogP contribution in [0.5, 0.6) is 5.75 Å². The lowest BCUT2D eigenvalue weighted by Crippen LogP contribution is -2.02. The van der Waals surface area contributed by atoms with Gasteiger partial charge in [0.15, 0.2) is 0 Å². The molecule has 3 aromatic rings. The van der Waals surface area contributed by atoms with Crippen LogP contribution in [0.4, 0.5) is 0 Å². The Morgan fingerprint density at radius 1 is 0.920 bits per heavy atom. The van der Waals surface area contributed by atoms with Gasteiger partial charge in [-0.15, -0.1) is 0 Å². The first-order valence-electron chi connectivity index (χ1n) is 7.56. The van der Waals surface area contributed by atoms with Gasteiger partial charge in [0.1, 0.15) is 5.75 Å². The Bertz CT molecular complexity index is 976. The van der Waals surface area contributed by atoms with E-state index >= 15 is 0 Å². The van der Waals surface area contributed by atoms with Crippen molar-refractivity contribution >= 4 is 45.4 Å². The highest BCUT2D eigenvalue weighted by Crippen LogP contribution is 2.24. The van der Waals surface area contributed by atoms with Gasteiger partial charge in [-0.1, -0.05) is 41.4 Å². The van der Waals surface area contributed by atoms with Gasteiger partial charge in [-0.2, -0.15) is 0 Å². The highest BCUT2D eigenvalue weighted by molar-refractivity contribution is 6.34. The Hall–Kier alpha value is -2.49. The minimum absolute atomic E-state index is 0.311. The third-order valence-corrected chi connectivity index (χ3v) is 4.29. The summed E-state index contributed by atoms with van der Waals surface area (Å²) in [6, 6.07) is 16.7. The van der Waals surface area contributed by atoms with Crippen molar-refractivity contribution in [3.63, 3.8) is 0 Å². The van der Waals surface area contributed by atoms with E-state index in [1.165, 1.54) is 0 Å². The van der Waals surface area contributed by atoms with Gasteiger partial charge in [0, 0.05) is 26.9 Å². The summed E-state index contributed by atoms with van der Waals surface area (Å²) in [5.74, 6) is 0.803. The van der Waals surface area contributed by atoms with Gasteiger partial charge in [-0.25, -0.2) is 0 Å². The normalized spacial score (nSPS) is 11.6. The monoisotopic (exact) mass is 370 g/mol. The van der Waals surface area contributed by atoms with Crippen molar-refractivity contribution in [1.82, 2.24) is 0 Å². The van der Waals surface area contributed by atoms with E-state index in [0.29, 0.717) is 27.0 Å². The molecule has 3 rings (SSSR count). The maximum atomic E-state index is 8.32. The van der Waals surface area contributed by atoms with E-state index in [9.17, 15) is 0 Å². The Morgan fingerprint density at radius 2 is 1.56 bits per heavy atom. The van der Waals surface area contributed by atoms with E-state index in [1.54, 1.807) is 31.4 Å². The van der Waals surface area contributed by atoms with Gasteiger partial charge in [-0.3, -0.25) is 0 Å². The third-order valence-electron chi connectivity index (χ3n) is 3.85. The summed E-state index contributed by atoms with van der Waals surface area (Å²) in [6.07, 6.45) is 1.60. The average molecular weight is 371 g/mol. The zero-order valence-corrected chi connectivity index (χ0v) is 15.0. The molecule has 3 aromatic carbocycles. The number of rotatable bonds is 4. The van der Waals surface area contributed by atoms with Gasteiger partial charge in [0.05, 0.1) is 12.8 Å². The molecular formula is C20H16Cl2N2O. The van der Waals surface area contributed by atoms with Crippen molar-refractivity contribution in [2.24, 2.45) is 5.73 Å². The number of hydrogen-bond donors (Lipinski definition) is 2. The molecule has 5 heteroatoms. The third kappa shape index (κ3) is 3.95. The van der Waals surface area contributed by atoms with E-state index in [0.717, 1.165) is 22.1 Å². The van der Waals surface area contributed by atoms with Crippen molar-refractivity contribution in [2.75, 3.05) is 7.11 Å². The predicted molar refractivity (Wildman–Crippen MR) is 106 cm³/mol. The molecular weight excluding hydrogens is 355 g/mol. The van der Waals surface area contributed by atoms with Gasteiger partial charge < -0.3 is 15.9 Å². The maximum Gasteiger partial charge on any atom is 0.119 e. The molecule has 25 heavy (non-hydrogen) atoms. The van der Waals surface area contributed by atoms with Crippen molar-refractivity contribution in [2.45, 2.75) is 0 Å². The quantitative estimate of drug-likeness (QED) is 0.593. The van der Waals surface area contributed by atoms with Gasteiger partial charge in [0.25, 0.3) is 0 Å². The Kier molecular flexibility index (Phi) is 4.98. The molecule has 0 heterocycles. The van der Waals surface area contributed by atoms with E-state index in [4.69, 9.17) is 39.1 Å². The molecule has 0 radical (unpaired) electrons. The number of ether oxygens (including phenoxy) is 1. The molecule has 126 valence electrons. The number of hydrogen-bond acceptors (Lipinski definition) is 3. The van der Waals surface area contributed by atoms with Crippen molar-refractivity contribution < 1.29 is 4.74 Å². The zero-order valence-electron chi connectivity index (χ0n) is 13.5. The van der Waals surface area contributed by atoms with Crippen LogP contribution in [0.15, 0.2) is 60.7 Å². The van der Waals surface area contributed by atoms with Crippen LogP contribution in [-0.4, -0.2) is 12.8 Å². The van der Waals surface area contributed by atoms with E-state index < -0.39 is 0 Å². The molecule has 0 spiro atoms. The second kappa shape index (κ2) is 7.18. The molecule has 0 unspecified atom stereocenters. The molecule has 0 aromatic heterocycles. The minimum atomic E-state index is 0.311. The molecule has 0 amide bonds. The van der Waals surface area contributed by atoms with Crippen LogP contribution in [0, 0.1) is 5.41 Å². The maximum absolute atomic E-state index is 8.32. The highest BCUT2D eigenvalue weighted by Gasteiger charge is 2.06. The van der Waals surface area contributed by atoms with Crippen LogP contribution in [0.3, 0.4) is 0 Å². The molecule has 0 fully saturated rings. The molecule has 0 bridgehead atoms. The molecule has 0 saturated heterocycles. The first-order chi connectivity index (χ1) is 12.0. The Labute approximate surface area is 156 Å². The van der Waals surface area contributed by atoms with Crippen LogP contribution in [0.1, 0.15) is 11.1 Å². The SMILES string of the molecule is COc1ccc2cc(C(=N)/C=C(\N)c3cc(Cl)cc(Cl)c3)ccc2c1. The summed E-state index contributed by atoms with van der Waals surface area (Å²) in [4.78, 5) is 0. The van der Waals surface area contributed by atoms with Crippen LogP contribution in [0.2, 0.25) is 10.0 Å². The topological polar surface area (TPSA) is 59.1 Å². The number of nitrogens with two attached hydrogens (primary N) is 1. The van der Waals surface area contributed by atoms with Crippen LogP contribution < -0.4 is 10.5 Å². The number of methoxy groups -OCH3 is 1. The first kappa shape index (κ1) is 17.3. The summed E-state index contributed by atoms with van der Waals surface area (Å²) < 4.78 is 5.23. The molecule has 3 nitrogen and oxygen atoms in total. The fourth-order valence-corrected chi connectivity index (χ4v) is 3.09. The standard InChI is InChI=1S/C20H16Cl2N2O/c1-25-18-5-4-12-6-14(3-2-13(12)9-18)19(23)11-20(24)15-7-16(21)10-17(22)8-15/h2-11,23H,24H2,1H3/b20-11-,23-19?. The van der Waals surface area contributed by atoms with Gasteiger partial charge in [0.2, 0.25) is 0 Å². The zero-order chi connectivity index (χ0) is 18.0. The van der Waals surface area contributed by atoms with Gasteiger partial charge >= 0.3 is 0 Å². The summed E-state index contributed by atoms with van der Waals surface area (Å²) >= 11 is 12.0. The smallest absolute Gasteiger partial charge is 0.119 e. The van der Waals surface area contributed by atoms with Gasteiger partial charge in [-0.05, 0) is 53.2 Å². The molecule has 3 N–H and O–H groups in total. The fraction of sp³-hybridized carbons (Fsp3) is 0.0500. The first-order valence-corrected chi connectivity index (χ1v) is 8.32. The number of halogens is 2. The highest BCUT2D eigenvalue weighted by atomic mass is 35.5. The lowest BCUT2D eigenvalue weighted by molar-refractivity contribution is 0.415. The largest absolute Gasteiger partial charge is 0.497 e. The molecule has 0 aliphatic carbocycles. The van der Waals surface area contributed by atoms with E-state index in [1.807, 2.05) is 36.4 Å². The van der Waals surface area contributed by atoms with Crippen LogP contribution in [0.25, 0.3) is 16.5 Å². The number of allylic oxidation sites excluding steroid dienone is 1. The van der Waals surface area contributed by atoms with Crippen LogP contribution >= 0.6 is 23.2 Å². The van der Waals surface area contributed by atoms with Crippen molar-refractivity contribution in [1.29, 1.82) is 5.41 Å². The summed E-state index contributed by atoms with van der Waals surface area (Å²) in [5, 5.41) is 11.4. The van der Waals surface area contributed by atoms with Crippen LogP contribution in [-0.2, 0) is 0 Å². The molecule has 0 aliphatic heterocycles. The Morgan fingerprint density at radius 3 is 2.24 bits per heavy atom. The van der Waals surface area contributed by atoms with Crippen molar-refractivity contribution in [3.8, 4) is 5.75 Å². The summed E-state index contributed by atoms with van der Waals surface area (Å²) in [7, 11) is 1.64. The molecule has 0 saturated carbocycles.